The third-order valence-electron chi connectivity index (χ3n) is 1.50. The molecule has 0 fully saturated rings. The summed E-state index contributed by atoms with van der Waals surface area (Å²) >= 11 is 11.4. The van der Waals surface area contributed by atoms with Crippen molar-refractivity contribution in [3.8, 4) is 0 Å². The van der Waals surface area contributed by atoms with Crippen LogP contribution >= 0.6 is 23.2 Å². The molecule has 0 heterocycles. The highest BCUT2D eigenvalue weighted by Gasteiger charge is 2.15. The number of halogens is 2. The minimum absolute atomic E-state index is 0.186. The highest BCUT2D eigenvalue weighted by Crippen LogP contribution is 2.28. The lowest BCUT2D eigenvalue weighted by Crippen LogP contribution is -2.36. The van der Waals surface area contributed by atoms with Crippen molar-refractivity contribution in [2.45, 2.75) is 0 Å². The minimum atomic E-state index is -3.51. The smallest absolute Gasteiger partial charge is 0.233 e. The first-order chi connectivity index (χ1) is 6.32. The predicted molar refractivity (Wildman–Crippen MR) is 58.0 cm³/mol. The Kier molecular flexibility index (Phi) is 3.26. The molecule has 0 unspecified atom stereocenters. The van der Waals surface area contributed by atoms with E-state index in [0.29, 0.717) is 9.44 Å². The lowest BCUT2D eigenvalue weighted by molar-refractivity contribution is 0.598. The van der Waals surface area contributed by atoms with Crippen molar-refractivity contribution < 1.29 is 8.42 Å². The van der Waals surface area contributed by atoms with E-state index in [2.05, 4.69) is 0 Å². The van der Waals surface area contributed by atoms with Crippen LogP contribution in [0.25, 0.3) is 0 Å². The quantitative estimate of drug-likeness (QED) is 0.645. The number of benzene rings is 1. The Morgan fingerprint density at radius 3 is 2.36 bits per heavy atom. The highest BCUT2D eigenvalue weighted by atomic mass is 35.5. The first kappa shape index (κ1) is 11.6. The molecule has 1 aromatic rings. The Morgan fingerprint density at radius 1 is 1.36 bits per heavy atom. The number of nitrogens with two attached hydrogens (primary N) is 1. The molecule has 0 spiro atoms. The lowest BCUT2D eigenvalue weighted by Gasteiger charge is -2.16. The maximum absolute atomic E-state index is 11.1. The van der Waals surface area contributed by atoms with Gasteiger partial charge in [-0.25, -0.2) is 18.7 Å². The van der Waals surface area contributed by atoms with E-state index in [1.54, 1.807) is 0 Å². The molecule has 7 heteroatoms. The number of hydrazine groups is 1. The van der Waals surface area contributed by atoms with Crippen LogP contribution < -0.4 is 10.3 Å². The van der Waals surface area contributed by atoms with E-state index in [1.807, 2.05) is 0 Å². The first-order valence-corrected chi connectivity index (χ1v) is 6.13. The van der Waals surface area contributed by atoms with Crippen molar-refractivity contribution in [2.24, 2.45) is 5.84 Å². The van der Waals surface area contributed by atoms with Crippen molar-refractivity contribution in [2.75, 3.05) is 10.7 Å². The molecule has 0 aliphatic rings. The maximum Gasteiger partial charge on any atom is 0.245 e. The monoisotopic (exact) mass is 254 g/mol. The number of rotatable bonds is 2. The van der Waals surface area contributed by atoms with Gasteiger partial charge >= 0.3 is 0 Å². The van der Waals surface area contributed by atoms with Crippen molar-refractivity contribution in [3.63, 3.8) is 0 Å². The molecule has 0 atom stereocenters. The number of hydrogen-bond donors (Lipinski definition) is 1. The van der Waals surface area contributed by atoms with Gasteiger partial charge in [0.1, 0.15) is 0 Å². The van der Waals surface area contributed by atoms with Gasteiger partial charge in [0.15, 0.2) is 0 Å². The standard InChI is InChI=1S/C7H8Cl2N2O2S/c1-14(12,13)11(10)7-3-2-5(8)4-6(7)9/h2-4H,10H2,1H3. The molecule has 0 saturated heterocycles. The van der Waals surface area contributed by atoms with Crippen LogP contribution in [0.3, 0.4) is 0 Å². The van der Waals surface area contributed by atoms with E-state index in [4.69, 9.17) is 29.0 Å². The molecular formula is C7H8Cl2N2O2S. The maximum atomic E-state index is 11.1. The van der Waals surface area contributed by atoms with Gasteiger partial charge in [-0.15, -0.1) is 0 Å². The summed E-state index contributed by atoms with van der Waals surface area (Å²) in [5, 5.41) is 0.603. The zero-order chi connectivity index (χ0) is 10.9. The van der Waals surface area contributed by atoms with Crippen molar-refractivity contribution in [1.82, 2.24) is 0 Å². The summed E-state index contributed by atoms with van der Waals surface area (Å²) < 4.78 is 22.8. The summed E-state index contributed by atoms with van der Waals surface area (Å²) in [7, 11) is -3.51. The predicted octanol–water partition coefficient (Wildman–Crippen LogP) is 1.63. The number of sulfonamides is 1. The minimum Gasteiger partial charge on any atom is -0.233 e. The molecule has 0 amide bonds. The van der Waals surface area contributed by atoms with Crippen LogP contribution in [0.5, 0.6) is 0 Å². The van der Waals surface area contributed by atoms with Crippen LogP contribution in [0.2, 0.25) is 10.0 Å². The van der Waals surface area contributed by atoms with Crippen LogP contribution in [0, 0.1) is 0 Å². The van der Waals surface area contributed by atoms with Crippen LogP contribution in [0.4, 0.5) is 5.69 Å². The van der Waals surface area contributed by atoms with Crippen molar-refractivity contribution in [3.05, 3.63) is 28.2 Å². The Hall–Kier alpha value is -0.490. The molecule has 2 N–H and O–H groups in total. The van der Waals surface area contributed by atoms with E-state index in [1.165, 1.54) is 18.2 Å². The average molecular weight is 255 g/mol. The van der Waals surface area contributed by atoms with Crippen LogP contribution in [0.1, 0.15) is 0 Å². The summed E-state index contributed by atoms with van der Waals surface area (Å²) in [6, 6.07) is 4.36. The van der Waals surface area contributed by atoms with Gasteiger partial charge in [0.05, 0.1) is 17.0 Å². The van der Waals surface area contributed by atoms with Gasteiger partial charge in [-0.1, -0.05) is 23.2 Å². The van der Waals surface area contributed by atoms with Gasteiger partial charge in [0.2, 0.25) is 10.0 Å². The second-order valence-electron chi connectivity index (χ2n) is 2.65. The summed E-state index contributed by atoms with van der Waals surface area (Å²) in [5.41, 5.74) is 0.193. The van der Waals surface area contributed by atoms with E-state index >= 15 is 0 Å². The molecule has 0 radical (unpaired) electrons. The number of hydrogen-bond acceptors (Lipinski definition) is 3. The molecule has 78 valence electrons. The Labute approximate surface area is 92.2 Å². The number of anilines is 1. The fourth-order valence-corrected chi connectivity index (χ4v) is 1.90. The van der Waals surface area contributed by atoms with Crippen molar-refractivity contribution in [1.29, 1.82) is 0 Å². The van der Waals surface area contributed by atoms with Gasteiger partial charge in [0, 0.05) is 5.02 Å². The molecule has 0 aromatic heterocycles. The second kappa shape index (κ2) is 3.94. The zero-order valence-electron chi connectivity index (χ0n) is 7.24. The molecule has 0 aliphatic heterocycles. The van der Waals surface area contributed by atoms with Gasteiger partial charge in [-0.3, -0.25) is 0 Å². The SMILES string of the molecule is CS(=O)(=O)N(N)c1ccc(Cl)cc1Cl. The molecule has 0 saturated carbocycles. The molecule has 1 aromatic carbocycles. The first-order valence-electron chi connectivity index (χ1n) is 3.52. The highest BCUT2D eigenvalue weighted by molar-refractivity contribution is 7.92. The topological polar surface area (TPSA) is 63.4 Å². The molecule has 0 aliphatic carbocycles. The largest absolute Gasteiger partial charge is 0.245 e. The van der Waals surface area contributed by atoms with Gasteiger partial charge < -0.3 is 0 Å². The van der Waals surface area contributed by atoms with E-state index in [0.717, 1.165) is 6.26 Å². The van der Waals surface area contributed by atoms with Crippen LogP contribution in [-0.2, 0) is 10.0 Å². The van der Waals surface area contributed by atoms with Gasteiger partial charge in [-0.05, 0) is 18.2 Å². The molecule has 4 nitrogen and oxygen atoms in total. The van der Waals surface area contributed by atoms with E-state index < -0.39 is 10.0 Å². The fraction of sp³-hybridized carbons (Fsp3) is 0.143. The molecule has 14 heavy (non-hydrogen) atoms. The summed E-state index contributed by atoms with van der Waals surface area (Å²) in [6.07, 6.45) is 0.984. The summed E-state index contributed by atoms with van der Waals surface area (Å²) in [6.45, 7) is 0. The zero-order valence-corrected chi connectivity index (χ0v) is 9.57. The molecular weight excluding hydrogens is 247 g/mol. The number of nitrogens with zero attached hydrogens (tertiary/aromatic N) is 1. The Balaban J connectivity index is 3.21. The fourth-order valence-electron chi connectivity index (χ4n) is 0.839. The normalized spacial score (nSPS) is 11.4. The Bertz CT molecular complexity index is 447. The molecule has 0 bridgehead atoms. The van der Waals surface area contributed by atoms with Gasteiger partial charge in [0.25, 0.3) is 0 Å². The van der Waals surface area contributed by atoms with Gasteiger partial charge in [-0.2, -0.15) is 0 Å². The van der Waals surface area contributed by atoms with E-state index in [-0.39, 0.29) is 10.7 Å². The third-order valence-corrected chi connectivity index (χ3v) is 2.95. The van der Waals surface area contributed by atoms with Crippen LogP contribution in [0.15, 0.2) is 18.2 Å². The van der Waals surface area contributed by atoms with Crippen molar-refractivity contribution >= 4 is 38.9 Å². The second-order valence-corrected chi connectivity index (χ2v) is 5.36. The summed E-state index contributed by atoms with van der Waals surface area (Å²) in [5.74, 6) is 5.34. The average Bonchev–Trinajstić information content (AvgIpc) is 2.01. The van der Waals surface area contributed by atoms with Crippen LogP contribution in [-0.4, -0.2) is 14.7 Å². The summed E-state index contributed by atoms with van der Waals surface area (Å²) in [4.78, 5) is 0. The third kappa shape index (κ3) is 2.51. The lowest BCUT2D eigenvalue weighted by atomic mass is 10.3. The Morgan fingerprint density at radius 2 is 1.93 bits per heavy atom. The molecule has 1 rings (SSSR count). The van der Waals surface area contributed by atoms with E-state index in [9.17, 15) is 8.42 Å².